The van der Waals surface area contributed by atoms with Crippen molar-refractivity contribution in [2.24, 2.45) is 0 Å². The lowest BCUT2D eigenvalue weighted by molar-refractivity contribution is -0.156. The van der Waals surface area contributed by atoms with E-state index in [0.717, 1.165) is 17.5 Å². The van der Waals surface area contributed by atoms with Crippen LogP contribution in [0, 0.1) is 18.2 Å². The lowest BCUT2D eigenvalue weighted by Gasteiger charge is -2.72. The van der Waals surface area contributed by atoms with Gasteiger partial charge in [-0.3, -0.25) is 4.90 Å². The van der Waals surface area contributed by atoms with Crippen LogP contribution >= 0.6 is 0 Å². The molecule has 0 unspecified atom stereocenters. The van der Waals surface area contributed by atoms with E-state index in [1.54, 1.807) is 17.0 Å². The first-order chi connectivity index (χ1) is 15.4. The molecule has 3 amide bonds. The van der Waals surface area contributed by atoms with Crippen LogP contribution in [-0.2, 0) is 6.42 Å². The van der Waals surface area contributed by atoms with Crippen molar-refractivity contribution < 1.29 is 19.1 Å². The number of hydrogen-bond acceptors (Lipinski definition) is 2. The summed E-state index contributed by atoms with van der Waals surface area (Å²) in [4.78, 5) is 28.1. The second-order valence-electron chi connectivity index (χ2n) is 9.13. The molecule has 3 saturated carbocycles. The molecule has 3 aliphatic carbocycles. The van der Waals surface area contributed by atoms with Crippen LogP contribution in [0.4, 0.5) is 14.0 Å². The van der Waals surface area contributed by atoms with Crippen LogP contribution in [0.2, 0.25) is 0 Å². The topological polar surface area (TPSA) is 72.9 Å². The van der Waals surface area contributed by atoms with E-state index in [1.165, 1.54) is 22.6 Å². The van der Waals surface area contributed by atoms with E-state index in [4.69, 9.17) is 6.42 Å². The lowest BCUT2D eigenvalue weighted by atomic mass is 9.43. The van der Waals surface area contributed by atoms with E-state index in [2.05, 4.69) is 17.3 Å². The smallest absolute Gasteiger partial charge is 0.408 e. The van der Waals surface area contributed by atoms with Gasteiger partial charge in [0.1, 0.15) is 5.82 Å². The zero-order valence-corrected chi connectivity index (χ0v) is 17.6. The predicted molar refractivity (Wildman–Crippen MR) is 117 cm³/mol. The molecule has 2 N–H and O–H groups in total. The summed E-state index contributed by atoms with van der Waals surface area (Å²) in [5.74, 6) is 2.10. The van der Waals surface area contributed by atoms with Gasteiger partial charge in [-0.15, -0.1) is 6.42 Å². The Morgan fingerprint density at radius 1 is 1.19 bits per heavy atom. The summed E-state index contributed by atoms with van der Waals surface area (Å²) < 4.78 is 13.5. The monoisotopic (exact) mass is 433 g/mol. The molecule has 4 aliphatic rings. The summed E-state index contributed by atoms with van der Waals surface area (Å²) in [6.07, 6.45) is 6.78. The number of carbonyl (C=O) groups is 2. The fourth-order valence-corrected chi connectivity index (χ4v) is 5.77. The number of benzene rings is 2. The summed E-state index contributed by atoms with van der Waals surface area (Å²) in [6.45, 7) is 0.597. The second-order valence-corrected chi connectivity index (χ2v) is 9.13. The van der Waals surface area contributed by atoms with E-state index in [1.807, 2.05) is 18.2 Å². The fourth-order valence-electron chi connectivity index (χ4n) is 5.77. The average molecular weight is 433 g/mol. The number of terminal acetylenes is 1. The van der Waals surface area contributed by atoms with Gasteiger partial charge < -0.3 is 15.3 Å². The summed E-state index contributed by atoms with van der Waals surface area (Å²) >= 11 is 0. The second kappa shape index (κ2) is 7.27. The number of hydrogen-bond donors (Lipinski definition) is 2. The van der Waals surface area contributed by atoms with Crippen LogP contribution in [0.1, 0.15) is 42.0 Å². The normalized spacial score (nSPS) is 27.2. The minimum absolute atomic E-state index is 0.0505. The third kappa shape index (κ3) is 3.10. The van der Waals surface area contributed by atoms with Crippen molar-refractivity contribution in [2.75, 3.05) is 13.1 Å². The number of carboxylic acid groups (broad SMARTS) is 1. The Labute approximate surface area is 186 Å². The maximum atomic E-state index is 13.5. The highest BCUT2D eigenvalue weighted by molar-refractivity contribution is 5.78. The highest BCUT2D eigenvalue weighted by Gasteiger charge is 2.72. The Kier molecular flexibility index (Phi) is 4.63. The predicted octanol–water partition coefficient (Wildman–Crippen LogP) is 3.77. The van der Waals surface area contributed by atoms with Gasteiger partial charge in [-0.05, 0) is 54.5 Å². The first-order valence-electron chi connectivity index (χ1n) is 10.7. The van der Waals surface area contributed by atoms with Gasteiger partial charge >= 0.3 is 12.1 Å². The Balaban J connectivity index is 1.36. The van der Waals surface area contributed by atoms with Crippen molar-refractivity contribution in [3.05, 3.63) is 71.0 Å². The van der Waals surface area contributed by atoms with Gasteiger partial charge in [0.25, 0.3) is 0 Å². The molecule has 2 aromatic carbocycles. The number of amides is 3. The Morgan fingerprint density at radius 3 is 2.53 bits per heavy atom. The molecule has 0 spiro atoms. The maximum absolute atomic E-state index is 13.5. The molecule has 2 aromatic rings. The molecule has 1 heterocycles. The molecule has 1 atom stereocenters. The lowest BCUT2D eigenvalue weighted by Crippen LogP contribution is -2.84. The molecular weight excluding hydrogens is 409 g/mol. The van der Waals surface area contributed by atoms with Crippen molar-refractivity contribution in [3.63, 3.8) is 0 Å². The number of urea groups is 1. The number of halogens is 1. The molecule has 6 nitrogen and oxygen atoms in total. The largest absolute Gasteiger partial charge is 0.465 e. The Bertz CT molecular complexity index is 1100. The summed E-state index contributed by atoms with van der Waals surface area (Å²) in [6, 6.07) is 13.8. The number of nitrogens with one attached hydrogen (secondary N) is 1. The fraction of sp³-hybridized carbons (Fsp3) is 0.360. The third-order valence-corrected chi connectivity index (χ3v) is 7.16. The molecule has 32 heavy (non-hydrogen) atoms. The van der Waals surface area contributed by atoms with Crippen LogP contribution in [0.5, 0.6) is 0 Å². The highest BCUT2D eigenvalue weighted by atomic mass is 19.1. The molecule has 3 fully saturated rings. The summed E-state index contributed by atoms with van der Waals surface area (Å²) in [5.41, 5.74) is 2.23. The van der Waals surface area contributed by atoms with Gasteiger partial charge in [0.15, 0.2) is 0 Å². The minimum atomic E-state index is -1.02. The molecule has 6 rings (SSSR count). The minimum Gasteiger partial charge on any atom is -0.465 e. The van der Waals surface area contributed by atoms with E-state index in [0.29, 0.717) is 25.8 Å². The Morgan fingerprint density at radius 2 is 1.88 bits per heavy atom. The number of fused-ring (bicyclic) bond motifs is 1. The van der Waals surface area contributed by atoms with Gasteiger partial charge in [-0.2, -0.15) is 0 Å². The van der Waals surface area contributed by atoms with Crippen molar-refractivity contribution in [3.8, 4) is 12.3 Å². The van der Waals surface area contributed by atoms with Crippen molar-refractivity contribution in [1.82, 2.24) is 15.1 Å². The molecule has 2 bridgehead atoms. The quantitative estimate of drug-likeness (QED) is 0.721. The van der Waals surface area contributed by atoms with Crippen LogP contribution in [0.15, 0.2) is 48.5 Å². The SMILES string of the molecule is C#CCN(C(=O)O)C12CC(NC(=O)N3CCc4ccccc4[C@@H]3c3ccc(F)cc3)(C1)C2. The molecule has 7 heteroatoms. The van der Waals surface area contributed by atoms with Crippen LogP contribution in [-0.4, -0.2) is 51.2 Å². The van der Waals surface area contributed by atoms with Crippen molar-refractivity contribution in [2.45, 2.75) is 42.8 Å². The number of nitrogens with zero attached hydrogens (tertiary/aromatic N) is 2. The van der Waals surface area contributed by atoms with E-state index < -0.39 is 11.6 Å². The van der Waals surface area contributed by atoms with Gasteiger partial charge in [0.2, 0.25) is 0 Å². The van der Waals surface area contributed by atoms with Crippen LogP contribution in [0.25, 0.3) is 0 Å². The molecule has 0 radical (unpaired) electrons. The van der Waals surface area contributed by atoms with E-state index in [-0.39, 0.29) is 30.0 Å². The van der Waals surface area contributed by atoms with E-state index >= 15 is 0 Å². The van der Waals surface area contributed by atoms with Crippen molar-refractivity contribution in [1.29, 1.82) is 0 Å². The van der Waals surface area contributed by atoms with Gasteiger partial charge in [-0.25, -0.2) is 14.0 Å². The summed E-state index contributed by atoms with van der Waals surface area (Å²) in [7, 11) is 0. The number of rotatable bonds is 4. The summed E-state index contributed by atoms with van der Waals surface area (Å²) in [5, 5.41) is 12.7. The molecule has 164 valence electrons. The van der Waals surface area contributed by atoms with Crippen LogP contribution in [0.3, 0.4) is 0 Å². The van der Waals surface area contributed by atoms with Gasteiger partial charge in [0, 0.05) is 12.1 Å². The van der Waals surface area contributed by atoms with E-state index in [9.17, 15) is 19.1 Å². The van der Waals surface area contributed by atoms with Crippen LogP contribution < -0.4 is 5.32 Å². The Hall–Kier alpha value is -3.53. The first-order valence-corrected chi connectivity index (χ1v) is 10.7. The molecular formula is C25H24FN3O3. The van der Waals surface area contributed by atoms with Crippen molar-refractivity contribution >= 4 is 12.1 Å². The first kappa shape index (κ1) is 20.4. The van der Waals surface area contributed by atoms with Gasteiger partial charge in [-0.1, -0.05) is 42.3 Å². The number of carbonyl (C=O) groups excluding carboxylic acids is 1. The molecule has 0 aromatic heterocycles. The standard InChI is InChI=1S/C25H24FN3O3/c1-2-12-29(23(31)32)25-14-24(15-25,16-25)27-22(30)28-13-11-17-5-3-4-6-20(17)21(28)18-7-9-19(26)10-8-18/h1,3-10,21H,11-16H2,(H,27,30)(H,31,32)/t21-,24?,25?/m0/s1. The maximum Gasteiger partial charge on any atom is 0.408 e. The average Bonchev–Trinajstić information content (AvgIpc) is 2.73. The highest BCUT2D eigenvalue weighted by Crippen LogP contribution is 2.63. The zero-order chi connectivity index (χ0) is 22.5. The van der Waals surface area contributed by atoms with Gasteiger partial charge in [0.05, 0.1) is 18.1 Å². The molecule has 1 aliphatic heterocycles. The zero-order valence-electron chi connectivity index (χ0n) is 17.6. The third-order valence-electron chi connectivity index (χ3n) is 7.16. The molecule has 0 saturated heterocycles.